The summed E-state index contributed by atoms with van der Waals surface area (Å²) in [5, 5.41) is 7.60. The minimum atomic E-state index is 0.113. The lowest BCUT2D eigenvalue weighted by Crippen LogP contribution is -2.54. The van der Waals surface area contributed by atoms with Crippen LogP contribution < -0.4 is 20.1 Å². The summed E-state index contributed by atoms with van der Waals surface area (Å²) in [5.74, 6) is 2.00. The fourth-order valence-corrected chi connectivity index (χ4v) is 6.46. The lowest BCUT2D eigenvalue weighted by molar-refractivity contribution is 0.0680. The Morgan fingerprint density at radius 1 is 0.571 bits per heavy atom. The molecule has 4 rings (SSSR count). The van der Waals surface area contributed by atoms with E-state index in [2.05, 4.69) is 128 Å². The van der Waals surface area contributed by atoms with Crippen molar-refractivity contribution in [2.24, 2.45) is 10.8 Å². The predicted octanol–water partition coefficient (Wildman–Crippen LogP) is 8.90. The Morgan fingerprint density at radius 2 is 1.00 bits per heavy atom. The van der Waals surface area contributed by atoms with Crippen LogP contribution in [0.3, 0.4) is 0 Å². The Bertz CT molecular complexity index is 1110. The molecule has 2 N–H and O–H groups in total. The van der Waals surface area contributed by atoms with Crippen molar-refractivity contribution in [2.75, 3.05) is 0 Å². The summed E-state index contributed by atoms with van der Waals surface area (Å²) in [7, 11) is 0. The third-order valence-corrected chi connectivity index (χ3v) is 8.72. The van der Waals surface area contributed by atoms with Crippen LogP contribution >= 0.6 is 0 Å². The number of benzene rings is 2. The fraction of sp³-hybridized carbons (Fsp3) is 0.684. The molecule has 234 valence electrons. The van der Waals surface area contributed by atoms with Gasteiger partial charge in [0.2, 0.25) is 0 Å². The largest absolute Gasteiger partial charge is 0.490 e. The Labute approximate surface area is 257 Å². The molecule has 0 atom stereocenters. The van der Waals surface area contributed by atoms with Crippen molar-refractivity contribution in [3.05, 3.63) is 59.7 Å². The second kappa shape index (κ2) is 12.9. The van der Waals surface area contributed by atoms with Gasteiger partial charge in [0.15, 0.2) is 0 Å². The maximum atomic E-state index is 6.27. The van der Waals surface area contributed by atoms with Gasteiger partial charge in [-0.2, -0.15) is 0 Å². The maximum absolute atomic E-state index is 6.27. The second-order valence-electron chi connectivity index (χ2n) is 17.1. The molecule has 0 unspecified atom stereocenters. The van der Waals surface area contributed by atoms with Crippen molar-refractivity contribution >= 4 is 0 Å². The second-order valence-corrected chi connectivity index (χ2v) is 17.1. The van der Waals surface area contributed by atoms with E-state index >= 15 is 0 Å². The molecule has 0 heterocycles. The average Bonchev–Trinajstić information content (AvgIpc) is 2.81. The van der Waals surface area contributed by atoms with Gasteiger partial charge >= 0.3 is 0 Å². The van der Waals surface area contributed by atoms with Gasteiger partial charge < -0.3 is 20.1 Å². The molecule has 2 aliphatic carbocycles. The Morgan fingerprint density at radius 3 is 1.43 bits per heavy atom. The fourth-order valence-electron chi connectivity index (χ4n) is 6.46. The number of ether oxygens (including phenoxy) is 2. The average molecular weight is 577 g/mol. The third-order valence-electron chi connectivity index (χ3n) is 8.72. The smallest absolute Gasteiger partial charge is 0.119 e. The quantitative estimate of drug-likeness (QED) is 0.250. The van der Waals surface area contributed by atoms with Crippen LogP contribution in [0, 0.1) is 10.8 Å². The van der Waals surface area contributed by atoms with Crippen LogP contribution in [0.1, 0.15) is 119 Å². The highest BCUT2D eigenvalue weighted by molar-refractivity contribution is 5.29. The molecule has 2 aliphatic rings. The van der Waals surface area contributed by atoms with Crippen LogP contribution in [0.25, 0.3) is 0 Å². The normalized spacial score (nSPS) is 23.2. The molecular formula is C38H60N2O2. The molecule has 0 spiro atoms. The summed E-state index contributed by atoms with van der Waals surface area (Å²) in [4.78, 5) is 0. The van der Waals surface area contributed by atoms with Gasteiger partial charge in [-0.25, -0.2) is 0 Å². The zero-order valence-corrected chi connectivity index (χ0v) is 28.4. The Kier molecular flexibility index (Phi) is 10.1. The van der Waals surface area contributed by atoms with Crippen LogP contribution in [-0.2, 0) is 12.8 Å². The molecule has 0 aliphatic heterocycles. The monoisotopic (exact) mass is 576 g/mol. The summed E-state index contributed by atoms with van der Waals surface area (Å²) in [6.07, 6.45) is 9.52. The molecule has 0 bridgehead atoms. The van der Waals surface area contributed by atoms with Gasteiger partial charge in [-0.3, -0.25) is 0 Å². The molecular weight excluding hydrogens is 516 g/mol. The molecule has 0 aromatic heterocycles. The molecule has 4 nitrogen and oxygen atoms in total. The van der Waals surface area contributed by atoms with Gasteiger partial charge in [0, 0.05) is 23.2 Å². The summed E-state index contributed by atoms with van der Waals surface area (Å²) in [5.41, 5.74) is 3.61. The van der Waals surface area contributed by atoms with Crippen LogP contribution in [0.4, 0.5) is 0 Å². The zero-order valence-electron chi connectivity index (χ0n) is 28.4. The van der Waals surface area contributed by atoms with E-state index in [1.54, 1.807) is 0 Å². The minimum absolute atomic E-state index is 0.113. The van der Waals surface area contributed by atoms with E-state index in [1.807, 2.05) is 0 Å². The Balaban J connectivity index is 1.14. The lowest BCUT2D eigenvalue weighted by Gasteiger charge is -2.42. The molecule has 42 heavy (non-hydrogen) atoms. The van der Waals surface area contributed by atoms with Crippen molar-refractivity contribution < 1.29 is 9.47 Å². The van der Waals surface area contributed by atoms with Crippen molar-refractivity contribution in [2.45, 2.75) is 156 Å². The minimum Gasteiger partial charge on any atom is -0.490 e. The SMILES string of the molecule is CC(C)(C)Cc1ccc(OC2CC(NC(C)(C)CCC(C)(C)Cc3ccc(OC4CC(NC(C)(C)C)C4)cc3)C2)cc1. The molecule has 2 saturated carbocycles. The van der Waals surface area contributed by atoms with Gasteiger partial charge in [-0.05, 0) is 132 Å². The van der Waals surface area contributed by atoms with Crippen LogP contribution in [0.5, 0.6) is 11.5 Å². The maximum Gasteiger partial charge on any atom is 0.119 e. The Hall–Kier alpha value is -2.04. The first-order chi connectivity index (χ1) is 19.4. The molecule has 0 radical (unpaired) electrons. The number of nitrogens with one attached hydrogen (secondary N) is 2. The summed E-state index contributed by atoms with van der Waals surface area (Å²) in [6.45, 7) is 23.1. The first-order valence-corrected chi connectivity index (χ1v) is 16.5. The number of hydrogen-bond donors (Lipinski definition) is 2. The molecule has 4 heteroatoms. The predicted molar refractivity (Wildman–Crippen MR) is 178 cm³/mol. The lowest BCUT2D eigenvalue weighted by atomic mass is 9.77. The van der Waals surface area contributed by atoms with E-state index < -0.39 is 0 Å². The van der Waals surface area contributed by atoms with E-state index in [1.165, 1.54) is 17.5 Å². The summed E-state index contributed by atoms with van der Waals surface area (Å²) in [6, 6.07) is 18.7. The standard InChI is InChI=1S/C38H60N2O2/c1-35(2,3)25-27-11-15-31(16-12-27)42-34-23-30(24-34)40-38(9,10)20-19-37(7,8)26-28-13-17-32(18-14-28)41-33-21-29(22-33)39-36(4,5)6/h11-18,29-30,33-34,39-40H,19-26H2,1-10H3. The van der Waals surface area contributed by atoms with Crippen LogP contribution in [0.2, 0.25) is 0 Å². The summed E-state index contributed by atoms with van der Waals surface area (Å²) >= 11 is 0. The van der Waals surface area contributed by atoms with Crippen molar-refractivity contribution in [1.82, 2.24) is 10.6 Å². The topological polar surface area (TPSA) is 42.5 Å². The molecule has 0 saturated heterocycles. The molecule has 2 aromatic carbocycles. The van der Waals surface area contributed by atoms with E-state index in [0.717, 1.165) is 56.4 Å². The molecule has 2 aromatic rings. The first-order valence-electron chi connectivity index (χ1n) is 16.5. The highest BCUT2D eigenvalue weighted by atomic mass is 16.5. The molecule has 0 amide bonds. The molecule has 2 fully saturated rings. The van der Waals surface area contributed by atoms with Gasteiger partial charge in [-0.15, -0.1) is 0 Å². The zero-order chi connectivity index (χ0) is 30.8. The highest BCUT2D eigenvalue weighted by Gasteiger charge is 2.36. The van der Waals surface area contributed by atoms with Gasteiger partial charge in [-0.1, -0.05) is 58.9 Å². The van der Waals surface area contributed by atoms with Gasteiger partial charge in [0.05, 0.1) is 0 Å². The van der Waals surface area contributed by atoms with Crippen molar-refractivity contribution in [3.63, 3.8) is 0 Å². The highest BCUT2D eigenvalue weighted by Crippen LogP contribution is 2.34. The third kappa shape index (κ3) is 10.9. The number of hydrogen-bond acceptors (Lipinski definition) is 4. The van der Waals surface area contributed by atoms with Crippen molar-refractivity contribution in [3.8, 4) is 11.5 Å². The van der Waals surface area contributed by atoms with Crippen LogP contribution in [-0.4, -0.2) is 35.4 Å². The van der Waals surface area contributed by atoms with E-state index in [-0.39, 0.29) is 16.5 Å². The van der Waals surface area contributed by atoms with Crippen LogP contribution in [0.15, 0.2) is 48.5 Å². The van der Waals surface area contributed by atoms with E-state index in [4.69, 9.17) is 9.47 Å². The van der Waals surface area contributed by atoms with E-state index in [0.29, 0.717) is 29.7 Å². The van der Waals surface area contributed by atoms with Gasteiger partial charge in [0.25, 0.3) is 0 Å². The first kappa shape index (κ1) is 32.9. The van der Waals surface area contributed by atoms with E-state index in [9.17, 15) is 0 Å². The number of rotatable bonds is 13. The summed E-state index contributed by atoms with van der Waals surface area (Å²) < 4.78 is 12.5. The van der Waals surface area contributed by atoms with Gasteiger partial charge in [0.1, 0.15) is 23.7 Å². The van der Waals surface area contributed by atoms with Crippen molar-refractivity contribution in [1.29, 1.82) is 0 Å².